The van der Waals surface area contributed by atoms with Crippen molar-refractivity contribution in [3.05, 3.63) is 53.4 Å². The highest BCUT2D eigenvalue weighted by Crippen LogP contribution is 2.29. The lowest BCUT2D eigenvalue weighted by atomic mass is 10.2. The van der Waals surface area contributed by atoms with Crippen molar-refractivity contribution in [1.29, 1.82) is 0 Å². The Labute approximate surface area is 125 Å². The molecule has 1 aromatic heterocycles. The number of hydrogen-bond donors (Lipinski definition) is 1. The van der Waals surface area contributed by atoms with Crippen LogP contribution in [0, 0.1) is 5.82 Å². The van der Waals surface area contributed by atoms with Crippen LogP contribution in [0.25, 0.3) is 10.8 Å². The summed E-state index contributed by atoms with van der Waals surface area (Å²) in [6, 6.07) is 12.1. The minimum absolute atomic E-state index is 0.188. The van der Waals surface area contributed by atoms with Crippen molar-refractivity contribution in [2.75, 3.05) is 12.4 Å². The largest absolute Gasteiger partial charge is 0.494 e. The highest BCUT2D eigenvalue weighted by Gasteiger charge is 2.09. The molecule has 0 spiro atoms. The van der Waals surface area contributed by atoms with E-state index in [-0.39, 0.29) is 5.75 Å². The number of rotatable bonds is 3. The van der Waals surface area contributed by atoms with Crippen molar-refractivity contribution in [3.8, 4) is 5.75 Å². The van der Waals surface area contributed by atoms with E-state index in [1.807, 2.05) is 24.3 Å². The molecule has 0 aliphatic rings. The maximum atomic E-state index is 13.7. The Bertz CT molecular complexity index is 810. The first kappa shape index (κ1) is 13.6. The maximum Gasteiger partial charge on any atom is 0.167 e. The number of methoxy groups -OCH3 is 1. The Hall–Kier alpha value is -2.40. The predicted octanol–water partition coefficient (Wildman–Crippen LogP) is 4.17. The highest BCUT2D eigenvalue weighted by atomic mass is 35.5. The molecule has 0 aliphatic heterocycles. The number of aromatic nitrogens is 2. The lowest BCUT2D eigenvalue weighted by Gasteiger charge is -2.10. The summed E-state index contributed by atoms with van der Waals surface area (Å²) in [5, 5.41) is 12.9. The average Bonchev–Trinajstić information content (AvgIpc) is 2.51. The first-order valence-electron chi connectivity index (χ1n) is 6.20. The van der Waals surface area contributed by atoms with Crippen LogP contribution in [0.5, 0.6) is 5.75 Å². The summed E-state index contributed by atoms with van der Waals surface area (Å²) in [6.07, 6.45) is 0. The van der Waals surface area contributed by atoms with Gasteiger partial charge in [0.05, 0.1) is 7.11 Å². The third kappa shape index (κ3) is 2.60. The fourth-order valence-electron chi connectivity index (χ4n) is 2.04. The monoisotopic (exact) mass is 303 g/mol. The van der Waals surface area contributed by atoms with Crippen molar-refractivity contribution in [3.63, 3.8) is 0 Å². The van der Waals surface area contributed by atoms with Gasteiger partial charge in [-0.1, -0.05) is 35.9 Å². The van der Waals surface area contributed by atoms with Gasteiger partial charge in [-0.15, -0.1) is 10.2 Å². The molecular weight excluding hydrogens is 293 g/mol. The molecule has 0 saturated heterocycles. The molecule has 3 aromatic rings. The molecule has 6 heteroatoms. The van der Waals surface area contributed by atoms with E-state index in [4.69, 9.17) is 16.3 Å². The van der Waals surface area contributed by atoms with Crippen LogP contribution in [0.3, 0.4) is 0 Å². The van der Waals surface area contributed by atoms with E-state index in [0.717, 1.165) is 10.8 Å². The van der Waals surface area contributed by atoms with Crippen molar-refractivity contribution >= 4 is 33.9 Å². The second-order valence-corrected chi connectivity index (χ2v) is 4.72. The Morgan fingerprint density at radius 1 is 1.10 bits per heavy atom. The van der Waals surface area contributed by atoms with E-state index in [9.17, 15) is 4.39 Å². The number of benzene rings is 2. The third-order valence-corrected chi connectivity index (χ3v) is 3.34. The number of ether oxygens (including phenoxy) is 1. The average molecular weight is 304 g/mol. The molecule has 0 unspecified atom stereocenters. The number of hydrogen-bond acceptors (Lipinski definition) is 4. The first-order valence-corrected chi connectivity index (χ1v) is 6.58. The lowest BCUT2D eigenvalue weighted by Crippen LogP contribution is -1.98. The van der Waals surface area contributed by atoms with Gasteiger partial charge in [-0.05, 0) is 12.1 Å². The Balaban J connectivity index is 2.02. The van der Waals surface area contributed by atoms with Crippen LogP contribution in [0.15, 0.2) is 42.5 Å². The van der Waals surface area contributed by atoms with Crippen LogP contribution in [0.4, 0.5) is 15.9 Å². The molecule has 2 aromatic carbocycles. The molecule has 0 atom stereocenters. The van der Waals surface area contributed by atoms with Crippen molar-refractivity contribution in [1.82, 2.24) is 10.2 Å². The number of nitrogens with one attached hydrogen (secondary N) is 1. The highest BCUT2D eigenvalue weighted by molar-refractivity contribution is 6.34. The summed E-state index contributed by atoms with van der Waals surface area (Å²) in [6.45, 7) is 0. The Kier molecular flexibility index (Phi) is 3.58. The lowest BCUT2D eigenvalue weighted by molar-refractivity contribution is 0.386. The molecule has 0 saturated carbocycles. The van der Waals surface area contributed by atoms with E-state index >= 15 is 0 Å². The van der Waals surface area contributed by atoms with Crippen molar-refractivity contribution in [2.24, 2.45) is 0 Å². The van der Waals surface area contributed by atoms with Gasteiger partial charge in [0.25, 0.3) is 0 Å². The Morgan fingerprint density at radius 3 is 2.57 bits per heavy atom. The molecule has 106 valence electrons. The number of fused-ring (bicyclic) bond motifs is 1. The summed E-state index contributed by atoms with van der Waals surface area (Å²) in [5.74, 6) is 0.251. The first-order chi connectivity index (χ1) is 10.2. The second-order valence-electron chi connectivity index (χ2n) is 4.36. The summed E-state index contributed by atoms with van der Waals surface area (Å²) in [4.78, 5) is 0. The summed E-state index contributed by atoms with van der Waals surface area (Å²) in [7, 11) is 1.42. The molecule has 3 rings (SSSR count). The zero-order valence-corrected chi connectivity index (χ0v) is 11.9. The van der Waals surface area contributed by atoms with Crippen LogP contribution in [0.2, 0.25) is 5.15 Å². The standard InChI is InChI=1S/C15H11ClFN3O/c1-21-13-7-6-9(8-12(13)17)18-15-11-5-3-2-4-10(11)14(16)19-20-15/h2-8H,1H3,(H,18,20). The van der Waals surface area contributed by atoms with Gasteiger partial charge in [-0.2, -0.15) is 0 Å². The van der Waals surface area contributed by atoms with Crippen LogP contribution in [-0.2, 0) is 0 Å². The van der Waals surface area contributed by atoms with E-state index in [1.54, 1.807) is 12.1 Å². The molecule has 0 radical (unpaired) electrons. The van der Waals surface area contributed by atoms with Gasteiger partial charge >= 0.3 is 0 Å². The minimum atomic E-state index is -0.450. The number of anilines is 2. The maximum absolute atomic E-state index is 13.7. The van der Waals surface area contributed by atoms with E-state index < -0.39 is 5.82 Å². The normalized spacial score (nSPS) is 10.6. The molecule has 1 heterocycles. The van der Waals surface area contributed by atoms with E-state index in [2.05, 4.69) is 15.5 Å². The molecule has 0 fully saturated rings. The topological polar surface area (TPSA) is 47.0 Å². The molecule has 1 N–H and O–H groups in total. The predicted molar refractivity (Wildman–Crippen MR) is 80.8 cm³/mol. The van der Waals surface area contributed by atoms with Crippen molar-refractivity contribution in [2.45, 2.75) is 0 Å². The van der Waals surface area contributed by atoms with Gasteiger partial charge in [0.2, 0.25) is 0 Å². The summed E-state index contributed by atoms with van der Waals surface area (Å²) in [5.41, 5.74) is 0.551. The van der Waals surface area contributed by atoms with Gasteiger partial charge in [-0.25, -0.2) is 4.39 Å². The number of nitrogens with zero attached hydrogens (tertiary/aromatic N) is 2. The zero-order chi connectivity index (χ0) is 14.8. The summed E-state index contributed by atoms with van der Waals surface area (Å²) < 4.78 is 18.6. The molecule has 21 heavy (non-hydrogen) atoms. The Morgan fingerprint density at radius 2 is 1.86 bits per heavy atom. The molecule has 0 bridgehead atoms. The molecule has 0 amide bonds. The minimum Gasteiger partial charge on any atom is -0.494 e. The van der Waals surface area contributed by atoms with E-state index in [0.29, 0.717) is 16.7 Å². The van der Waals surface area contributed by atoms with Gasteiger partial charge in [0.15, 0.2) is 22.5 Å². The SMILES string of the molecule is COc1ccc(Nc2nnc(Cl)c3ccccc23)cc1F. The van der Waals surface area contributed by atoms with Gasteiger partial charge < -0.3 is 10.1 Å². The molecular formula is C15H11ClFN3O. The fourth-order valence-corrected chi connectivity index (χ4v) is 2.25. The molecule has 4 nitrogen and oxygen atoms in total. The summed E-state index contributed by atoms with van der Waals surface area (Å²) >= 11 is 6.02. The van der Waals surface area contributed by atoms with Gasteiger partial charge in [-0.3, -0.25) is 0 Å². The fraction of sp³-hybridized carbons (Fsp3) is 0.0667. The quantitative estimate of drug-likeness (QED) is 0.788. The third-order valence-electron chi connectivity index (χ3n) is 3.06. The van der Waals surface area contributed by atoms with Crippen LogP contribution in [-0.4, -0.2) is 17.3 Å². The van der Waals surface area contributed by atoms with Gasteiger partial charge in [0, 0.05) is 22.5 Å². The number of halogens is 2. The van der Waals surface area contributed by atoms with E-state index in [1.165, 1.54) is 13.2 Å². The van der Waals surface area contributed by atoms with Gasteiger partial charge in [0.1, 0.15) is 0 Å². The molecule has 0 aliphatic carbocycles. The van der Waals surface area contributed by atoms with Crippen molar-refractivity contribution < 1.29 is 9.13 Å². The zero-order valence-electron chi connectivity index (χ0n) is 11.1. The van der Waals surface area contributed by atoms with Crippen LogP contribution < -0.4 is 10.1 Å². The smallest absolute Gasteiger partial charge is 0.167 e. The van der Waals surface area contributed by atoms with Crippen LogP contribution >= 0.6 is 11.6 Å². The second kappa shape index (κ2) is 5.54. The van der Waals surface area contributed by atoms with Crippen LogP contribution in [0.1, 0.15) is 0 Å².